The number of rotatable bonds is 2. The lowest BCUT2D eigenvalue weighted by Crippen LogP contribution is -2.25. The number of hydrogen-bond acceptors (Lipinski definition) is 5. The quantitative estimate of drug-likeness (QED) is 0.873. The maximum absolute atomic E-state index is 12.6. The van der Waals surface area contributed by atoms with Gasteiger partial charge in [0, 0.05) is 12.7 Å². The van der Waals surface area contributed by atoms with Crippen LogP contribution in [0, 0.1) is 0 Å². The molecule has 0 amide bonds. The fraction of sp³-hybridized carbons (Fsp3) is 0.182. The number of aromatic nitrogens is 3. The summed E-state index contributed by atoms with van der Waals surface area (Å²) in [5.74, 6) is -0.360. The predicted octanol–water partition coefficient (Wildman–Crippen LogP) is 1.52. The molecule has 0 unspecified atom stereocenters. The second-order valence-corrected chi connectivity index (χ2v) is 3.95. The molecule has 6 nitrogen and oxygen atoms in total. The first-order chi connectivity index (χ1) is 9.27. The third-order valence-electron chi connectivity index (χ3n) is 2.43. The van der Waals surface area contributed by atoms with Crippen molar-refractivity contribution in [2.45, 2.75) is 6.18 Å². The topological polar surface area (TPSA) is 85.8 Å². The smallest absolute Gasteiger partial charge is 0.379 e. The van der Waals surface area contributed by atoms with E-state index in [9.17, 15) is 18.0 Å². The van der Waals surface area contributed by atoms with E-state index in [2.05, 4.69) is 15.4 Å². The van der Waals surface area contributed by atoms with Crippen LogP contribution < -0.4 is 16.6 Å². The summed E-state index contributed by atoms with van der Waals surface area (Å²) in [5, 5.41) is 6.30. The zero-order valence-electron chi connectivity index (χ0n) is 10.3. The van der Waals surface area contributed by atoms with Crippen LogP contribution in [0.15, 0.2) is 29.1 Å². The molecule has 0 aliphatic heterocycles. The van der Waals surface area contributed by atoms with Gasteiger partial charge in [-0.15, -0.1) is 5.10 Å². The first-order valence-electron chi connectivity index (χ1n) is 5.42. The van der Waals surface area contributed by atoms with Crippen molar-refractivity contribution in [2.75, 3.05) is 11.1 Å². The Morgan fingerprint density at radius 2 is 2.05 bits per heavy atom. The molecule has 3 N–H and O–H groups in total. The Kier molecular flexibility index (Phi) is 3.35. The lowest BCUT2D eigenvalue weighted by atomic mass is 10.2. The van der Waals surface area contributed by atoms with Crippen molar-refractivity contribution >= 4 is 17.5 Å². The maximum Gasteiger partial charge on any atom is 0.416 e. The minimum Gasteiger partial charge on any atom is -0.379 e. The van der Waals surface area contributed by atoms with E-state index >= 15 is 0 Å². The van der Waals surface area contributed by atoms with E-state index < -0.39 is 17.3 Å². The molecule has 106 valence electrons. The van der Waals surface area contributed by atoms with Gasteiger partial charge >= 0.3 is 11.7 Å². The van der Waals surface area contributed by atoms with Crippen LogP contribution in [0.4, 0.5) is 30.6 Å². The van der Waals surface area contributed by atoms with Gasteiger partial charge in [0.25, 0.3) is 0 Å². The largest absolute Gasteiger partial charge is 0.416 e. The molecule has 0 saturated heterocycles. The molecule has 20 heavy (non-hydrogen) atoms. The summed E-state index contributed by atoms with van der Waals surface area (Å²) in [7, 11) is 1.36. The molecular formula is C11H10F3N5O. The second kappa shape index (κ2) is 4.83. The van der Waals surface area contributed by atoms with E-state index in [1.54, 1.807) is 0 Å². The maximum atomic E-state index is 12.6. The highest BCUT2D eigenvalue weighted by atomic mass is 19.4. The van der Waals surface area contributed by atoms with Crippen LogP contribution in [0.5, 0.6) is 0 Å². The summed E-state index contributed by atoms with van der Waals surface area (Å²) < 4.78 is 38.6. The first-order valence-corrected chi connectivity index (χ1v) is 5.42. The molecule has 1 heterocycles. The number of nitrogens with zero attached hydrogens (tertiary/aromatic N) is 3. The summed E-state index contributed by atoms with van der Waals surface area (Å²) >= 11 is 0. The first kappa shape index (κ1) is 13.8. The van der Waals surface area contributed by atoms with Crippen molar-refractivity contribution in [1.29, 1.82) is 0 Å². The van der Waals surface area contributed by atoms with Crippen molar-refractivity contribution in [2.24, 2.45) is 7.05 Å². The molecule has 0 radical (unpaired) electrons. The number of halogens is 3. The number of nitrogens with two attached hydrogens (primary N) is 1. The van der Waals surface area contributed by atoms with Crippen molar-refractivity contribution in [1.82, 2.24) is 14.8 Å². The SMILES string of the molecule is Cn1nc(Nc2cccc(C(F)(F)F)c2)nc(N)c1=O. The zero-order chi connectivity index (χ0) is 14.9. The highest BCUT2D eigenvalue weighted by molar-refractivity contribution is 5.55. The fourth-order valence-electron chi connectivity index (χ4n) is 1.49. The van der Waals surface area contributed by atoms with Crippen molar-refractivity contribution in [3.63, 3.8) is 0 Å². The normalized spacial score (nSPS) is 11.4. The van der Waals surface area contributed by atoms with Crippen molar-refractivity contribution < 1.29 is 13.2 Å². The van der Waals surface area contributed by atoms with Crippen molar-refractivity contribution in [3.05, 3.63) is 40.2 Å². The Labute approximate surface area is 111 Å². The summed E-state index contributed by atoms with van der Waals surface area (Å²) in [6, 6.07) is 4.52. The summed E-state index contributed by atoms with van der Waals surface area (Å²) in [5.41, 5.74) is 4.12. The van der Waals surface area contributed by atoms with Crippen LogP contribution in [0.3, 0.4) is 0 Å². The molecule has 0 atom stereocenters. The molecule has 9 heteroatoms. The van der Waals surface area contributed by atoms with Gasteiger partial charge in [0.15, 0.2) is 5.82 Å². The number of nitrogens with one attached hydrogen (secondary N) is 1. The number of nitrogen functional groups attached to an aromatic ring is 1. The Morgan fingerprint density at radius 1 is 1.35 bits per heavy atom. The van der Waals surface area contributed by atoms with E-state index in [1.165, 1.54) is 19.2 Å². The Bertz CT molecular complexity index is 669. The Morgan fingerprint density at radius 3 is 2.65 bits per heavy atom. The summed E-state index contributed by atoms with van der Waals surface area (Å²) in [4.78, 5) is 15.0. The van der Waals surface area contributed by atoms with Gasteiger partial charge in [0.1, 0.15) is 0 Å². The van der Waals surface area contributed by atoms with Crippen LogP contribution in [0.25, 0.3) is 0 Å². The van der Waals surface area contributed by atoms with Crippen LogP contribution >= 0.6 is 0 Å². The van der Waals surface area contributed by atoms with Crippen LogP contribution in [0.2, 0.25) is 0 Å². The van der Waals surface area contributed by atoms with E-state index in [0.717, 1.165) is 16.8 Å². The van der Waals surface area contributed by atoms with Gasteiger partial charge < -0.3 is 11.1 Å². The number of alkyl halides is 3. The van der Waals surface area contributed by atoms with Crippen molar-refractivity contribution in [3.8, 4) is 0 Å². The molecule has 0 aliphatic carbocycles. The lowest BCUT2D eigenvalue weighted by Gasteiger charge is -2.10. The average molecular weight is 285 g/mol. The third-order valence-corrected chi connectivity index (χ3v) is 2.43. The predicted molar refractivity (Wildman–Crippen MR) is 66.4 cm³/mol. The van der Waals surface area contributed by atoms with Gasteiger partial charge in [-0.05, 0) is 18.2 Å². The molecule has 0 aliphatic rings. The molecule has 2 rings (SSSR count). The molecule has 0 saturated carbocycles. The van der Waals surface area contributed by atoms with Gasteiger partial charge in [0.05, 0.1) is 5.56 Å². The molecule has 1 aromatic carbocycles. The summed E-state index contributed by atoms with van der Waals surface area (Å²) in [6.07, 6.45) is -4.44. The summed E-state index contributed by atoms with van der Waals surface area (Å²) in [6.45, 7) is 0. The number of aryl methyl sites for hydroxylation is 1. The molecular weight excluding hydrogens is 275 g/mol. The molecule has 0 spiro atoms. The van der Waals surface area contributed by atoms with E-state index in [1.807, 2.05) is 0 Å². The number of hydrogen-bond donors (Lipinski definition) is 2. The Hall–Kier alpha value is -2.58. The lowest BCUT2D eigenvalue weighted by molar-refractivity contribution is -0.137. The van der Waals surface area contributed by atoms with E-state index in [-0.39, 0.29) is 17.5 Å². The fourth-order valence-corrected chi connectivity index (χ4v) is 1.49. The third kappa shape index (κ3) is 2.87. The van der Waals surface area contributed by atoms with E-state index in [4.69, 9.17) is 5.73 Å². The van der Waals surface area contributed by atoms with Crippen LogP contribution in [-0.4, -0.2) is 14.8 Å². The minimum absolute atomic E-state index is 0.0658. The second-order valence-electron chi connectivity index (χ2n) is 3.95. The molecule has 0 bridgehead atoms. The van der Waals surface area contributed by atoms with Gasteiger partial charge in [-0.25, -0.2) is 4.68 Å². The standard InChI is InChI=1S/C11H10F3N5O/c1-19-9(20)8(15)17-10(18-19)16-7-4-2-3-6(5-7)11(12,13)14/h2-5H,1H3,(H3,15,16,17,18). The monoisotopic (exact) mass is 285 g/mol. The molecule has 2 aromatic rings. The molecule has 0 fully saturated rings. The average Bonchev–Trinajstić information content (AvgIpc) is 2.35. The molecule has 1 aromatic heterocycles. The van der Waals surface area contributed by atoms with Crippen LogP contribution in [-0.2, 0) is 13.2 Å². The zero-order valence-corrected chi connectivity index (χ0v) is 10.3. The highest BCUT2D eigenvalue weighted by Crippen LogP contribution is 2.31. The van der Waals surface area contributed by atoms with Gasteiger partial charge in [-0.1, -0.05) is 6.07 Å². The van der Waals surface area contributed by atoms with E-state index in [0.29, 0.717) is 0 Å². The van der Waals surface area contributed by atoms with Gasteiger partial charge in [-0.3, -0.25) is 4.79 Å². The number of benzene rings is 1. The minimum atomic E-state index is -4.44. The van der Waals surface area contributed by atoms with Gasteiger partial charge in [0.2, 0.25) is 5.95 Å². The Balaban J connectivity index is 2.33. The van der Waals surface area contributed by atoms with Crippen LogP contribution in [0.1, 0.15) is 5.56 Å². The number of anilines is 3. The van der Waals surface area contributed by atoms with Gasteiger partial charge in [-0.2, -0.15) is 18.2 Å². The highest BCUT2D eigenvalue weighted by Gasteiger charge is 2.30.